The Morgan fingerprint density at radius 2 is 1.97 bits per heavy atom. The summed E-state index contributed by atoms with van der Waals surface area (Å²) in [6.07, 6.45) is 6.06. The number of rotatable bonds is 7. The molecule has 2 aliphatic rings. The molecule has 0 bridgehead atoms. The number of likely N-dealkylation sites (N-methyl/N-ethyl adjacent to an activating group) is 1. The maximum atomic E-state index is 13.2. The average molecular weight is 525 g/mol. The Kier molecular flexibility index (Phi) is 9.46. The Morgan fingerprint density at radius 1 is 1.28 bits per heavy atom. The van der Waals surface area contributed by atoms with Crippen molar-refractivity contribution in [3.8, 4) is 5.75 Å². The highest BCUT2D eigenvalue weighted by molar-refractivity contribution is 7.92. The standard InChI is InChI=1S/C25H40N4O6S/c1-17-14-29(18(2)16-30)24(31)13-19-12-21(27-36(4,33)34)10-11-22(19)35-23(17)15-28(3)25(32)26-20-8-6-5-7-9-20/h10-12,17-18,20,23,27,30H,5-9,13-16H2,1-4H3,(H,26,32)/t17-,18+,23+/m0/s1. The van der Waals surface area contributed by atoms with Crippen molar-refractivity contribution in [2.45, 2.75) is 70.6 Å². The van der Waals surface area contributed by atoms with Crippen molar-refractivity contribution in [2.75, 3.05) is 37.7 Å². The molecule has 1 saturated carbocycles. The summed E-state index contributed by atoms with van der Waals surface area (Å²) < 4.78 is 32.3. The van der Waals surface area contributed by atoms with Crippen LogP contribution in [-0.2, 0) is 21.2 Å². The van der Waals surface area contributed by atoms with Crippen LogP contribution >= 0.6 is 0 Å². The Balaban J connectivity index is 1.86. The van der Waals surface area contributed by atoms with Gasteiger partial charge in [0.2, 0.25) is 15.9 Å². The predicted molar refractivity (Wildman–Crippen MR) is 138 cm³/mol. The van der Waals surface area contributed by atoms with Gasteiger partial charge in [0.15, 0.2) is 0 Å². The molecule has 1 fully saturated rings. The van der Waals surface area contributed by atoms with Gasteiger partial charge in [-0.05, 0) is 38.0 Å². The maximum absolute atomic E-state index is 13.2. The minimum Gasteiger partial charge on any atom is -0.488 e. The van der Waals surface area contributed by atoms with Gasteiger partial charge in [-0.3, -0.25) is 9.52 Å². The number of anilines is 1. The zero-order chi connectivity index (χ0) is 26.5. The van der Waals surface area contributed by atoms with Crippen LogP contribution < -0.4 is 14.8 Å². The highest BCUT2D eigenvalue weighted by Crippen LogP contribution is 2.29. The number of aliphatic hydroxyl groups excluding tert-OH is 1. The van der Waals surface area contributed by atoms with E-state index < -0.39 is 22.2 Å². The number of benzene rings is 1. The lowest BCUT2D eigenvalue weighted by Gasteiger charge is -2.34. The van der Waals surface area contributed by atoms with Crippen molar-refractivity contribution in [2.24, 2.45) is 5.92 Å². The first-order chi connectivity index (χ1) is 17.0. The number of carbonyl (C=O) groups excluding carboxylic acids is 2. The molecule has 3 amide bonds. The fraction of sp³-hybridized carbons (Fsp3) is 0.680. The summed E-state index contributed by atoms with van der Waals surface area (Å²) in [6.45, 7) is 4.22. The van der Waals surface area contributed by atoms with Crippen LogP contribution in [0.1, 0.15) is 51.5 Å². The lowest BCUT2D eigenvalue weighted by molar-refractivity contribution is -0.134. The van der Waals surface area contributed by atoms with Gasteiger partial charge in [0.25, 0.3) is 0 Å². The zero-order valence-electron chi connectivity index (χ0n) is 21.7. The highest BCUT2D eigenvalue weighted by Gasteiger charge is 2.32. The van der Waals surface area contributed by atoms with E-state index >= 15 is 0 Å². The molecule has 1 aliphatic carbocycles. The zero-order valence-corrected chi connectivity index (χ0v) is 22.5. The molecular formula is C25H40N4O6S. The molecule has 1 aromatic rings. The fourth-order valence-corrected chi connectivity index (χ4v) is 5.36. The summed E-state index contributed by atoms with van der Waals surface area (Å²) in [5.74, 6) is 0.139. The van der Waals surface area contributed by atoms with Crippen LogP contribution in [0.3, 0.4) is 0 Å². The summed E-state index contributed by atoms with van der Waals surface area (Å²) >= 11 is 0. The van der Waals surface area contributed by atoms with E-state index in [0.29, 0.717) is 30.1 Å². The average Bonchev–Trinajstić information content (AvgIpc) is 2.86. The number of nitrogens with zero attached hydrogens (tertiary/aromatic N) is 2. The number of hydrogen-bond acceptors (Lipinski definition) is 6. The van der Waals surface area contributed by atoms with Crippen molar-refractivity contribution in [1.82, 2.24) is 15.1 Å². The first kappa shape index (κ1) is 28.0. The molecule has 1 aromatic carbocycles. The first-order valence-electron chi connectivity index (χ1n) is 12.7. The molecule has 11 heteroatoms. The Labute approximate surface area is 214 Å². The molecule has 3 N–H and O–H groups in total. The molecular weight excluding hydrogens is 484 g/mol. The quantitative estimate of drug-likeness (QED) is 0.502. The number of sulfonamides is 1. The van der Waals surface area contributed by atoms with Crippen LogP contribution in [0.4, 0.5) is 10.5 Å². The van der Waals surface area contributed by atoms with Gasteiger partial charge in [-0.1, -0.05) is 26.2 Å². The van der Waals surface area contributed by atoms with E-state index in [1.807, 2.05) is 6.92 Å². The van der Waals surface area contributed by atoms with Gasteiger partial charge in [0.1, 0.15) is 11.9 Å². The minimum atomic E-state index is -3.50. The van der Waals surface area contributed by atoms with E-state index in [-0.39, 0.29) is 36.9 Å². The Bertz CT molecular complexity index is 1030. The van der Waals surface area contributed by atoms with E-state index in [1.165, 1.54) is 6.42 Å². The molecule has 0 saturated heterocycles. The third-order valence-corrected chi connectivity index (χ3v) is 7.56. The van der Waals surface area contributed by atoms with Crippen LogP contribution in [0.5, 0.6) is 5.75 Å². The molecule has 0 unspecified atom stereocenters. The second kappa shape index (κ2) is 12.1. The molecule has 0 radical (unpaired) electrons. The number of hydrogen-bond donors (Lipinski definition) is 3. The maximum Gasteiger partial charge on any atom is 0.317 e. The van der Waals surface area contributed by atoms with E-state index in [2.05, 4.69) is 10.0 Å². The number of fused-ring (bicyclic) bond motifs is 1. The molecule has 1 heterocycles. The van der Waals surface area contributed by atoms with Gasteiger partial charge in [-0.15, -0.1) is 0 Å². The molecule has 10 nitrogen and oxygen atoms in total. The molecule has 3 atom stereocenters. The third-order valence-electron chi connectivity index (χ3n) is 6.95. The smallest absolute Gasteiger partial charge is 0.317 e. The SMILES string of the molecule is C[C@H](CO)N1C[C@H](C)[C@@H](CN(C)C(=O)NC2CCCCC2)Oc2ccc(NS(C)(=O)=O)cc2CC1=O. The fourth-order valence-electron chi connectivity index (χ4n) is 4.81. The monoisotopic (exact) mass is 524 g/mol. The van der Waals surface area contributed by atoms with Gasteiger partial charge < -0.3 is 25.0 Å². The second-order valence-corrected chi connectivity index (χ2v) is 12.0. The van der Waals surface area contributed by atoms with Crippen LogP contribution in [0, 0.1) is 5.92 Å². The van der Waals surface area contributed by atoms with Gasteiger partial charge in [0, 0.05) is 36.8 Å². The Hall–Kier alpha value is -2.53. The number of amides is 3. The molecule has 1 aliphatic heterocycles. The second-order valence-electron chi connectivity index (χ2n) is 10.2. The van der Waals surface area contributed by atoms with Crippen LogP contribution in [0.25, 0.3) is 0 Å². The minimum absolute atomic E-state index is 0.00357. The van der Waals surface area contributed by atoms with Crippen molar-refractivity contribution in [3.63, 3.8) is 0 Å². The summed E-state index contributed by atoms with van der Waals surface area (Å²) in [6, 6.07) is 4.49. The van der Waals surface area contributed by atoms with Crippen molar-refractivity contribution in [3.05, 3.63) is 23.8 Å². The third kappa shape index (κ3) is 7.73. The van der Waals surface area contributed by atoms with E-state index in [4.69, 9.17) is 4.74 Å². The Morgan fingerprint density at radius 3 is 2.61 bits per heavy atom. The largest absolute Gasteiger partial charge is 0.488 e. The lowest BCUT2D eigenvalue weighted by Crippen LogP contribution is -2.50. The predicted octanol–water partition coefficient (Wildman–Crippen LogP) is 2.18. The molecule has 36 heavy (non-hydrogen) atoms. The van der Waals surface area contributed by atoms with Crippen molar-refractivity contribution in [1.29, 1.82) is 0 Å². The molecule has 202 valence electrons. The number of aliphatic hydroxyl groups is 1. The summed E-state index contributed by atoms with van der Waals surface area (Å²) in [5.41, 5.74) is 0.874. The molecule has 0 aromatic heterocycles. The van der Waals surface area contributed by atoms with Gasteiger partial charge in [-0.25, -0.2) is 13.2 Å². The van der Waals surface area contributed by atoms with Gasteiger partial charge in [0.05, 0.1) is 31.9 Å². The van der Waals surface area contributed by atoms with Crippen LogP contribution in [0.15, 0.2) is 18.2 Å². The summed E-state index contributed by atoms with van der Waals surface area (Å²) in [7, 11) is -1.76. The van der Waals surface area contributed by atoms with E-state index in [0.717, 1.165) is 31.9 Å². The number of ether oxygens (including phenoxy) is 1. The summed E-state index contributed by atoms with van der Waals surface area (Å²) in [4.78, 5) is 29.4. The van der Waals surface area contributed by atoms with E-state index in [9.17, 15) is 23.1 Å². The number of nitrogens with one attached hydrogen (secondary N) is 2. The molecule has 3 rings (SSSR count). The summed E-state index contributed by atoms with van der Waals surface area (Å²) in [5, 5.41) is 12.9. The number of urea groups is 1. The van der Waals surface area contributed by atoms with Crippen LogP contribution in [0.2, 0.25) is 0 Å². The van der Waals surface area contributed by atoms with Crippen molar-refractivity contribution >= 4 is 27.6 Å². The lowest BCUT2D eigenvalue weighted by atomic mass is 9.96. The van der Waals surface area contributed by atoms with Gasteiger partial charge in [-0.2, -0.15) is 0 Å². The number of carbonyl (C=O) groups is 2. The topological polar surface area (TPSA) is 128 Å². The molecule has 0 spiro atoms. The van der Waals surface area contributed by atoms with Crippen LogP contribution in [-0.4, -0.2) is 86.4 Å². The van der Waals surface area contributed by atoms with Gasteiger partial charge >= 0.3 is 6.03 Å². The van der Waals surface area contributed by atoms with E-state index in [1.54, 1.807) is 42.0 Å². The normalized spacial score (nSPS) is 22.4. The highest BCUT2D eigenvalue weighted by atomic mass is 32.2. The van der Waals surface area contributed by atoms with Crippen molar-refractivity contribution < 1.29 is 27.9 Å². The first-order valence-corrected chi connectivity index (χ1v) is 14.5.